The minimum atomic E-state index is -0.604. The molecular weight excluding hydrogens is 1600 g/mol. The Balaban J connectivity index is 0.000000144. The van der Waals surface area contributed by atoms with Crippen molar-refractivity contribution in [2.24, 2.45) is 0 Å². The monoisotopic (exact) mass is 1670 g/mol. The van der Waals surface area contributed by atoms with Gasteiger partial charge in [-0.3, -0.25) is 58.4 Å². The van der Waals surface area contributed by atoms with Gasteiger partial charge in [-0.05, 0) is 276 Å². The Morgan fingerprint density at radius 2 is 0.710 bits per heavy atom. The van der Waals surface area contributed by atoms with Gasteiger partial charge < -0.3 is 13.9 Å². The van der Waals surface area contributed by atoms with Crippen LogP contribution in [0.5, 0.6) is 11.5 Å². The van der Waals surface area contributed by atoms with Crippen molar-refractivity contribution in [3.05, 3.63) is 411 Å². The van der Waals surface area contributed by atoms with Crippen LogP contribution < -0.4 is 26.2 Å². The van der Waals surface area contributed by atoms with Crippen molar-refractivity contribution in [3.8, 4) is 64.1 Å². The summed E-state index contributed by atoms with van der Waals surface area (Å²) in [7, 11) is 3.30. The Morgan fingerprint density at radius 3 is 1.06 bits per heavy atom. The topological polar surface area (TPSA) is 266 Å². The van der Waals surface area contributed by atoms with Gasteiger partial charge in [-0.2, -0.15) is 0 Å². The van der Waals surface area contributed by atoms with Crippen LogP contribution in [0.2, 0.25) is 0 Å². The molecule has 0 aliphatic carbocycles. The standard InChI is InChI=1S/C34H23N3O5.C34H23N3O4S.C33H27N3O3S/c1-22-19-23(7-8-24-9-11-26-21-28(41-2)13-12-25(26)20-24)10-16-31(22)36-32(17-14-27-15-18-33(42-27)37(39)40)35-30-6-4-3-5-29(30)34(36)38;1-22-19-23(7-8-24-9-11-26-21-27(41-2)13-12-25(26)20-24)10-16-31(22)36-32(17-14-28-15-18-33(42-28)37(39)40)35-30-6-4-3-5-29(30)34(36)38;1-22-21-24(10-9-23-11-14-25(15-12-23)33(2,3)4)13-18-29(22)35-30(19-16-26-17-20-31(40-26)36(38)39)34-28-8-6-5-7-27(28)32(35)37/h2*3-6,9-21H,1-2H3;5-8,11-21H,1-4H3/b2*17-14+;19-16+. The van der Waals surface area contributed by atoms with E-state index in [0.717, 1.165) is 106 Å². The molecule has 0 fully saturated rings. The molecule has 0 atom stereocenters. The van der Waals surface area contributed by atoms with Gasteiger partial charge in [0, 0.05) is 55.3 Å². The molecule has 606 valence electrons. The highest BCUT2D eigenvalue weighted by Crippen LogP contribution is 2.32. The number of aryl methyl sites for hydroxylation is 3. The van der Waals surface area contributed by atoms with E-state index in [1.54, 1.807) is 114 Å². The summed E-state index contributed by atoms with van der Waals surface area (Å²) < 4.78 is 20.5. The number of nitrogens with zero attached hydrogens (tertiary/aromatic N) is 9. The number of nitro groups is 3. The Hall–Kier alpha value is -16.3. The summed E-state index contributed by atoms with van der Waals surface area (Å²) in [6, 6.07) is 79.9. The summed E-state index contributed by atoms with van der Waals surface area (Å²) in [5.74, 6) is 22.1. The van der Waals surface area contributed by atoms with Crippen LogP contribution in [0.4, 0.5) is 15.9 Å². The maximum absolute atomic E-state index is 13.7. The molecule has 0 aliphatic rings. The highest BCUT2D eigenvalue weighted by molar-refractivity contribution is 7.16. The molecule has 124 heavy (non-hydrogen) atoms. The second-order valence-corrected chi connectivity index (χ2v) is 31.8. The Kier molecular flexibility index (Phi) is 24.1. The quantitative estimate of drug-likeness (QED) is 0.0556. The van der Waals surface area contributed by atoms with E-state index in [4.69, 9.17) is 28.8 Å². The molecule has 0 spiro atoms. The third-order valence-electron chi connectivity index (χ3n) is 20.2. The lowest BCUT2D eigenvalue weighted by molar-refractivity contribution is -0.402. The average molecular weight is 1670 g/mol. The van der Waals surface area contributed by atoms with Crippen LogP contribution in [0.3, 0.4) is 0 Å². The average Bonchev–Trinajstić information content (AvgIpc) is 1.03. The predicted octanol–water partition coefficient (Wildman–Crippen LogP) is 21.9. The third-order valence-corrected chi connectivity index (χ3v) is 22.2. The minimum absolute atomic E-state index is 0.0509. The molecule has 0 saturated carbocycles. The van der Waals surface area contributed by atoms with E-state index in [1.165, 1.54) is 34.4 Å². The van der Waals surface area contributed by atoms with Crippen LogP contribution in [0.1, 0.15) is 109 Å². The summed E-state index contributed by atoms with van der Waals surface area (Å²) in [5.41, 5.74) is 12.2. The molecule has 6 heterocycles. The molecule has 23 heteroatoms. The van der Waals surface area contributed by atoms with Gasteiger partial charge in [-0.25, -0.2) is 15.0 Å². The van der Waals surface area contributed by atoms with Crippen molar-refractivity contribution in [2.45, 2.75) is 47.0 Å². The molecule has 0 unspecified atom stereocenters. The van der Waals surface area contributed by atoms with Gasteiger partial charge in [0.1, 0.15) is 39.7 Å². The van der Waals surface area contributed by atoms with Gasteiger partial charge in [0.05, 0.1) is 79.9 Å². The number of ether oxygens (including phenoxy) is 2. The SMILES string of the molecule is COc1ccc2cc(C#Cc3ccc(-n4c(/C=C/c5ccc([N+](=O)[O-])o5)nc5ccccc5c4=O)c(C)c3)ccc2c1.COc1ccc2cc(C#Cc3ccc(-n4c(/C=C/c5ccc([N+](=O)[O-])s5)nc5ccccc5c4=O)c(C)c3)ccc2c1.Cc1cc(C#Cc2ccc(C(C)(C)C)cc2)ccc1-n1c(/C=C/c2ccc([N+](=O)[O-])s2)nc2ccccc2c1=O. The number of para-hydroxylation sites is 3. The second-order valence-electron chi connectivity index (χ2n) is 29.6. The van der Waals surface area contributed by atoms with E-state index in [2.05, 4.69) is 68.4 Å². The highest BCUT2D eigenvalue weighted by atomic mass is 32.1. The Bertz CT molecular complexity index is 7340. The molecule has 11 aromatic carbocycles. The number of rotatable bonds is 14. The van der Waals surface area contributed by atoms with Gasteiger partial charge in [0.25, 0.3) is 16.7 Å². The maximum Gasteiger partial charge on any atom is 0.433 e. The number of furan rings is 1. The number of methoxy groups -OCH3 is 2. The summed E-state index contributed by atoms with van der Waals surface area (Å²) in [6.45, 7) is 12.3. The molecule has 17 rings (SSSR count). The smallest absolute Gasteiger partial charge is 0.433 e. The molecule has 17 aromatic rings. The van der Waals surface area contributed by atoms with E-state index in [0.29, 0.717) is 77.0 Å². The van der Waals surface area contributed by atoms with Crippen LogP contribution in [0.15, 0.2) is 280 Å². The zero-order chi connectivity index (χ0) is 86.9. The van der Waals surface area contributed by atoms with Crippen molar-refractivity contribution in [2.75, 3.05) is 14.2 Å². The lowest BCUT2D eigenvalue weighted by Gasteiger charge is -2.18. The molecular formula is C101H73N9O12S2. The number of aromatic nitrogens is 6. The van der Waals surface area contributed by atoms with Crippen LogP contribution >= 0.6 is 22.7 Å². The van der Waals surface area contributed by atoms with E-state index >= 15 is 0 Å². The Morgan fingerprint density at radius 1 is 0.371 bits per heavy atom. The molecule has 0 bridgehead atoms. The van der Waals surface area contributed by atoms with Crippen molar-refractivity contribution < 1.29 is 28.7 Å². The number of fused-ring (bicyclic) bond motifs is 5. The normalized spacial score (nSPS) is 11.2. The lowest BCUT2D eigenvalue weighted by atomic mass is 9.87. The number of thiophene rings is 2. The summed E-state index contributed by atoms with van der Waals surface area (Å²) in [4.78, 5) is 88.4. The van der Waals surface area contributed by atoms with Crippen molar-refractivity contribution in [1.29, 1.82) is 0 Å². The fraction of sp³-hybridized carbons (Fsp3) is 0.0891. The molecule has 6 aromatic heterocycles. The molecule has 21 nitrogen and oxygen atoms in total. The van der Waals surface area contributed by atoms with Gasteiger partial charge >= 0.3 is 15.9 Å². The minimum Gasteiger partial charge on any atom is -0.497 e. The van der Waals surface area contributed by atoms with E-state index < -0.39 is 14.8 Å². The molecule has 0 saturated heterocycles. The summed E-state index contributed by atoms with van der Waals surface area (Å²) in [5, 5.41) is 39.1. The second kappa shape index (κ2) is 36.1. The summed E-state index contributed by atoms with van der Waals surface area (Å²) >= 11 is 2.12. The van der Waals surface area contributed by atoms with Crippen molar-refractivity contribution in [3.63, 3.8) is 0 Å². The van der Waals surface area contributed by atoms with Crippen LogP contribution in [0.25, 0.3) is 108 Å². The molecule has 0 N–H and O–H groups in total. The first kappa shape index (κ1) is 82.8. The van der Waals surface area contributed by atoms with E-state index in [9.17, 15) is 44.7 Å². The lowest BCUT2D eigenvalue weighted by Crippen LogP contribution is -2.23. The zero-order valence-corrected chi connectivity index (χ0v) is 69.7. The summed E-state index contributed by atoms with van der Waals surface area (Å²) in [6.07, 6.45) is 10.1. The van der Waals surface area contributed by atoms with Gasteiger partial charge in [-0.15, -0.1) is 0 Å². The fourth-order valence-corrected chi connectivity index (χ4v) is 15.3. The number of hydrogen-bond donors (Lipinski definition) is 0. The third kappa shape index (κ3) is 18.7. The van der Waals surface area contributed by atoms with Crippen LogP contribution in [0, 0.1) is 86.6 Å². The van der Waals surface area contributed by atoms with E-state index in [1.807, 2.05) is 191 Å². The largest absolute Gasteiger partial charge is 0.497 e. The van der Waals surface area contributed by atoms with Crippen molar-refractivity contribution >= 4 is 129 Å². The maximum atomic E-state index is 13.7. The fourth-order valence-electron chi connectivity index (χ4n) is 13.8. The first-order valence-electron chi connectivity index (χ1n) is 38.9. The molecule has 0 amide bonds. The number of hydrogen-bond acceptors (Lipinski definition) is 17. The highest BCUT2D eigenvalue weighted by Gasteiger charge is 2.20. The van der Waals surface area contributed by atoms with Gasteiger partial charge in [0.15, 0.2) is 0 Å². The molecule has 0 aliphatic heterocycles. The Labute approximate surface area is 718 Å². The van der Waals surface area contributed by atoms with Crippen LogP contribution in [-0.4, -0.2) is 57.6 Å². The predicted molar refractivity (Wildman–Crippen MR) is 494 cm³/mol. The number of benzene rings is 11. The van der Waals surface area contributed by atoms with Gasteiger partial charge in [0.2, 0.25) is 0 Å². The molecule has 0 radical (unpaired) electrons. The first-order chi connectivity index (χ1) is 59.9. The van der Waals surface area contributed by atoms with Gasteiger partial charge in [-0.1, -0.05) is 152 Å². The first-order valence-corrected chi connectivity index (χ1v) is 40.5. The van der Waals surface area contributed by atoms with Crippen LogP contribution in [-0.2, 0) is 5.41 Å². The van der Waals surface area contributed by atoms with E-state index in [-0.39, 0.29) is 43.7 Å². The zero-order valence-electron chi connectivity index (χ0n) is 68.0. The van der Waals surface area contributed by atoms with Crippen molar-refractivity contribution in [1.82, 2.24) is 28.7 Å².